The SMILES string of the molecule is Cc1cccc(N(C)S(=O)(=O)c2ccc3[nH]cc(C(=O)NCc4ccco4)c(=O)c3c2)c1. The molecular weight excluding hydrogens is 430 g/mol. The van der Waals surface area contributed by atoms with Gasteiger partial charge in [-0.25, -0.2) is 8.42 Å². The van der Waals surface area contributed by atoms with E-state index < -0.39 is 21.4 Å². The van der Waals surface area contributed by atoms with Crippen molar-refractivity contribution >= 4 is 32.5 Å². The van der Waals surface area contributed by atoms with Gasteiger partial charge >= 0.3 is 0 Å². The molecule has 0 fully saturated rings. The minimum absolute atomic E-state index is 0.0485. The number of furan rings is 1. The van der Waals surface area contributed by atoms with E-state index >= 15 is 0 Å². The number of rotatable bonds is 6. The molecule has 0 spiro atoms. The monoisotopic (exact) mass is 451 g/mol. The molecule has 2 aromatic carbocycles. The van der Waals surface area contributed by atoms with Crippen molar-refractivity contribution in [2.24, 2.45) is 0 Å². The largest absolute Gasteiger partial charge is 0.467 e. The highest BCUT2D eigenvalue weighted by molar-refractivity contribution is 7.92. The van der Waals surface area contributed by atoms with Gasteiger partial charge in [0.05, 0.1) is 23.4 Å². The number of H-pyrrole nitrogens is 1. The lowest BCUT2D eigenvalue weighted by molar-refractivity contribution is 0.0947. The van der Waals surface area contributed by atoms with Crippen molar-refractivity contribution in [1.82, 2.24) is 10.3 Å². The Bertz CT molecular complexity index is 1460. The number of benzene rings is 2. The lowest BCUT2D eigenvalue weighted by Gasteiger charge is -2.20. The van der Waals surface area contributed by atoms with E-state index in [4.69, 9.17) is 4.42 Å². The fourth-order valence-electron chi connectivity index (χ4n) is 3.32. The molecule has 1 amide bonds. The minimum atomic E-state index is -3.92. The Balaban J connectivity index is 1.69. The number of sulfonamides is 1. The summed E-state index contributed by atoms with van der Waals surface area (Å²) in [4.78, 5) is 28.3. The van der Waals surface area contributed by atoms with Gasteiger partial charge in [-0.15, -0.1) is 0 Å². The lowest BCUT2D eigenvalue weighted by Crippen LogP contribution is -2.29. The van der Waals surface area contributed by atoms with Crippen LogP contribution in [-0.4, -0.2) is 26.4 Å². The zero-order chi connectivity index (χ0) is 22.9. The van der Waals surface area contributed by atoms with Gasteiger partial charge in [0.15, 0.2) is 0 Å². The van der Waals surface area contributed by atoms with Crippen LogP contribution in [0.25, 0.3) is 10.9 Å². The number of nitrogens with one attached hydrogen (secondary N) is 2. The van der Waals surface area contributed by atoms with E-state index in [1.807, 2.05) is 13.0 Å². The molecular formula is C23H21N3O5S. The van der Waals surface area contributed by atoms with Crippen molar-refractivity contribution < 1.29 is 17.6 Å². The van der Waals surface area contributed by atoms with Crippen molar-refractivity contribution in [3.05, 3.63) is 94.2 Å². The zero-order valence-electron chi connectivity index (χ0n) is 17.5. The lowest BCUT2D eigenvalue weighted by atomic mass is 10.1. The standard InChI is InChI=1S/C23H21N3O5S/c1-15-5-3-6-16(11-15)26(2)32(29,30)18-8-9-21-19(12-18)22(27)20(14-24-21)23(28)25-13-17-7-4-10-31-17/h3-12,14H,13H2,1-2H3,(H,24,27)(H,25,28). The van der Waals surface area contributed by atoms with Crippen LogP contribution in [0.1, 0.15) is 21.7 Å². The summed E-state index contributed by atoms with van der Waals surface area (Å²) in [5.74, 6) is -0.0437. The number of anilines is 1. The molecule has 0 aliphatic carbocycles. The fraction of sp³-hybridized carbons (Fsp3) is 0.130. The Morgan fingerprint density at radius 3 is 2.66 bits per heavy atom. The first-order chi connectivity index (χ1) is 15.3. The molecule has 0 aliphatic rings. The topological polar surface area (TPSA) is 112 Å². The number of hydrogen-bond acceptors (Lipinski definition) is 5. The van der Waals surface area contributed by atoms with Gasteiger partial charge in [-0.2, -0.15) is 0 Å². The smallest absolute Gasteiger partial charge is 0.264 e. The maximum Gasteiger partial charge on any atom is 0.264 e. The molecule has 0 atom stereocenters. The Morgan fingerprint density at radius 1 is 1.12 bits per heavy atom. The van der Waals surface area contributed by atoms with E-state index in [2.05, 4.69) is 10.3 Å². The maximum absolute atomic E-state index is 13.2. The summed E-state index contributed by atoms with van der Waals surface area (Å²) < 4.78 is 32.7. The molecule has 4 rings (SSSR count). The van der Waals surface area contributed by atoms with E-state index in [0.717, 1.165) is 9.87 Å². The Labute approximate surface area is 184 Å². The predicted octanol–water partition coefficient (Wildman–Crippen LogP) is 3.18. The number of hydrogen-bond donors (Lipinski definition) is 2. The molecule has 32 heavy (non-hydrogen) atoms. The van der Waals surface area contributed by atoms with E-state index in [0.29, 0.717) is 17.0 Å². The number of aryl methyl sites for hydroxylation is 1. The van der Waals surface area contributed by atoms with E-state index in [9.17, 15) is 18.0 Å². The van der Waals surface area contributed by atoms with Crippen molar-refractivity contribution in [3.8, 4) is 0 Å². The second kappa shape index (κ2) is 8.35. The minimum Gasteiger partial charge on any atom is -0.467 e. The van der Waals surface area contributed by atoms with Crippen molar-refractivity contribution in [1.29, 1.82) is 0 Å². The molecule has 2 aromatic heterocycles. The Hall–Kier alpha value is -3.85. The maximum atomic E-state index is 13.2. The quantitative estimate of drug-likeness (QED) is 0.468. The number of nitrogens with zero attached hydrogens (tertiary/aromatic N) is 1. The number of amides is 1. The first kappa shape index (κ1) is 21.4. The average molecular weight is 452 g/mol. The predicted molar refractivity (Wildman–Crippen MR) is 121 cm³/mol. The summed E-state index contributed by atoms with van der Waals surface area (Å²) >= 11 is 0. The number of pyridine rings is 1. The van der Waals surface area contributed by atoms with Gasteiger partial charge < -0.3 is 14.7 Å². The number of carbonyl (C=O) groups is 1. The summed E-state index contributed by atoms with van der Waals surface area (Å²) in [5.41, 5.74) is 1.17. The van der Waals surface area contributed by atoms with Crippen LogP contribution in [0.3, 0.4) is 0 Å². The summed E-state index contributed by atoms with van der Waals surface area (Å²) in [6, 6.07) is 14.7. The van der Waals surface area contributed by atoms with Crippen LogP contribution in [0.15, 0.2) is 81.2 Å². The Morgan fingerprint density at radius 2 is 1.94 bits per heavy atom. The van der Waals surface area contributed by atoms with Crippen LogP contribution < -0.4 is 15.1 Å². The molecule has 2 heterocycles. The molecule has 4 aromatic rings. The highest BCUT2D eigenvalue weighted by Crippen LogP contribution is 2.24. The van der Waals surface area contributed by atoms with Gasteiger partial charge in [-0.1, -0.05) is 12.1 Å². The zero-order valence-corrected chi connectivity index (χ0v) is 18.3. The van der Waals surface area contributed by atoms with E-state index in [1.54, 1.807) is 30.3 Å². The van der Waals surface area contributed by atoms with Gasteiger partial charge in [0.1, 0.15) is 11.3 Å². The van der Waals surface area contributed by atoms with Gasteiger partial charge in [0, 0.05) is 24.1 Å². The van der Waals surface area contributed by atoms with Crippen molar-refractivity contribution in [3.63, 3.8) is 0 Å². The number of aromatic nitrogens is 1. The first-order valence-electron chi connectivity index (χ1n) is 9.79. The molecule has 0 aliphatic heterocycles. The van der Waals surface area contributed by atoms with Gasteiger partial charge in [0.2, 0.25) is 5.43 Å². The molecule has 2 N–H and O–H groups in total. The van der Waals surface area contributed by atoms with Crippen LogP contribution in [0.2, 0.25) is 0 Å². The Kier molecular flexibility index (Phi) is 5.58. The normalized spacial score (nSPS) is 11.4. The molecule has 0 bridgehead atoms. The van der Waals surface area contributed by atoms with Crippen LogP contribution in [0, 0.1) is 6.92 Å². The van der Waals surface area contributed by atoms with Crippen LogP contribution in [0.5, 0.6) is 0 Å². The number of carbonyl (C=O) groups excluding carboxylic acids is 1. The summed E-state index contributed by atoms with van der Waals surface area (Å²) in [7, 11) is -2.47. The van der Waals surface area contributed by atoms with Crippen molar-refractivity contribution in [2.75, 3.05) is 11.4 Å². The number of aromatic amines is 1. The van der Waals surface area contributed by atoms with Crippen molar-refractivity contribution in [2.45, 2.75) is 18.4 Å². The molecule has 0 unspecified atom stereocenters. The highest BCUT2D eigenvalue weighted by Gasteiger charge is 2.23. The van der Waals surface area contributed by atoms with E-state index in [1.165, 1.54) is 37.7 Å². The van der Waals surface area contributed by atoms with E-state index in [-0.39, 0.29) is 22.4 Å². The van der Waals surface area contributed by atoms with Crippen LogP contribution >= 0.6 is 0 Å². The second-order valence-electron chi connectivity index (χ2n) is 7.31. The van der Waals surface area contributed by atoms with Gasteiger partial charge in [-0.05, 0) is 55.0 Å². The third-order valence-electron chi connectivity index (χ3n) is 5.12. The van der Waals surface area contributed by atoms with Crippen LogP contribution in [-0.2, 0) is 16.6 Å². The molecule has 0 saturated carbocycles. The highest BCUT2D eigenvalue weighted by atomic mass is 32.2. The molecule has 8 nitrogen and oxygen atoms in total. The summed E-state index contributed by atoms with van der Waals surface area (Å²) in [6.07, 6.45) is 2.80. The average Bonchev–Trinajstić information content (AvgIpc) is 3.31. The second-order valence-corrected chi connectivity index (χ2v) is 9.28. The number of fused-ring (bicyclic) bond motifs is 1. The molecule has 9 heteroatoms. The molecule has 0 radical (unpaired) electrons. The van der Waals surface area contributed by atoms with Crippen LogP contribution in [0.4, 0.5) is 5.69 Å². The summed E-state index contributed by atoms with van der Waals surface area (Å²) in [6.45, 7) is 2.00. The van der Waals surface area contributed by atoms with Gasteiger partial charge in [-0.3, -0.25) is 13.9 Å². The molecule has 164 valence electrons. The van der Waals surface area contributed by atoms with Gasteiger partial charge in [0.25, 0.3) is 15.9 Å². The first-order valence-corrected chi connectivity index (χ1v) is 11.2. The molecule has 0 saturated heterocycles. The third-order valence-corrected chi connectivity index (χ3v) is 6.91. The summed E-state index contributed by atoms with van der Waals surface area (Å²) in [5, 5.41) is 2.72. The third kappa shape index (κ3) is 4.02. The fourth-order valence-corrected chi connectivity index (χ4v) is 4.54.